The normalized spacial score (nSPS) is 18.3. The maximum absolute atomic E-state index is 4.72. The van der Waals surface area contributed by atoms with E-state index in [1.54, 1.807) is 6.20 Å². The first-order valence-corrected chi connectivity index (χ1v) is 9.35. The SMILES string of the molecule is Cc1nc(-c2cccnc2)nc(NCCCN2CCCC(C)C2)c1C. The third-order valence-electron chi connectivity index (χ3n) is 4.99. The number of rotatable bonds is 6. The van der Waals surface area contributed by atoms with Gasteiger partial charge in [0.25, 0.3) is 0 Å². The van der Waals surface area contributed by atoms with Crippen molar-refractivity contribution >= 4 is 5.82 Å². The lowest BCUT2D eigenvalue weighted by Crippen LogP contribution is -2.35. The highest BCUT2D eigenvalue weighted by atomic mass is 15.1. The Morgan fingerprint density at radius 2 is 2.16 bits per heavy atom. The number of piperidine rings is 1. The van der Waals surface area contributed by atoms with E-state index >= 15 is 0 Å². The molecule has 2 aromatic heterocycles. The van der Waals surface area contributed by atoms with Crippen LogP contribution >= 0.6 is 0 Å². The minimum atomic E-state index is 0.739. The van der Waals surface area contributed by atoms with Gasteiger partial charge in [-0.05, 0) is 64.3 Å². The predicted octanol–water partition coefficient (Wildman–Crippen LogP) is 3.69. The monoisotopic (exact) mass is 339 g/mol. The van der Waals surface area contributed by atoms with Crippen molar-refractivity contribution in [2.45, 2.75) is 40.0 Å². The molecule has 0 saturated carbocycles. The van der Waals surface area contributed by atoms with E-state index < -0.39 is 0 Å². The van der Waals surface area contributed by atoms with Crippen LogP contribution in [0.3, 0.4) is 0 Å². The Morgan fingerprint density at radius 1 is 1.28 bits per heavy atom. The number of hydrogen-bond acceptors (Lipinski definition) is 5. The number of anilines is 1. The van der Waals surface area contributed by atoms with Crippen LogP contribution in [-0.2, 0) is 0 Å². The van der Waals surface area contributed by atoms with E-state index in [2.05, 4.69) is 34.0 Å². The van der Waals surface area contributed by atoms with Gasteiger partial charge in [0.1, 0.15) is 5.82 Å². The molecule has 5 heteroatoms. The molecule has 1 fully saturated rings. The van der Waals surface area contributed by atoms with Crippen molar-refractivity contribution in [3.63, 3.8) is 0 Å². The van der Waals surface area contributed by atoms with Crippen molar-refractivity contribution in [2.24, 2.45) is 5.92 Å². The minimum Gasteiger partial charge on any atom is -0.370 e. The molecular formula is C20H29N5. The molecule has 1 aliphatic rings. The number of nitrogens with zero attached hydrogens (tertiary/aromatic N) is 4. The highest BCUT2D eigenvalue weighted by molar-refractivity contribution is 5.58. The molecule has 3 rings (SSSR count). The van der Waals surface area contributed by atoms with Crippen molar-refractivity contribution in [3.05, 3.63) is 35.8 Å². The van der Waals surface area contributed by atoms with E-state index in [4.69, 9.17) is 4.98 Å². The van der Waals surface area contributed by atoms with Gasteiger partial charge in [-0.2, -0.15) is 0 Å². The summed E-state index contributed by atoms with van der Waals surface area (Å²) in [5.74, 6) is 2.53. The van der Waals surface area contributed by atoms with Crippen LogP contribution in [0.4, 0.5) is 5.82 Å². The first-order chi connectivity index (χ1) is 12.1. The van der Waals surface area contributed by atoms with Crippen molar-refractivity contribution < 1.29 is 0 Å². The van der Waals surface area contributed by atoms with Crippen LogP contribution in [0.25, 0.3) is 11.4 Å². The topological polar surface area (TPSA) is 53.9 Å². The molecule has 1 aliphatic heterocycles. The molecular weight excluding hydrogens is 310 g/mol. The zero-order valence-corrected chi connectivity index (χ0v) is 15.6. The molecule has 0 aromatic carbocycles. The second kappa shape index (κ2) is 8.39. The standard InChI is InChI=1S/C20H29N5/c1-15-7-5-11-25(14-15)12-6-10-22-19-16(2)17(3)23-20(24-19)18-8-4-9-21-13-18/h4,8-9,13,15H,5-7,10-12,14H2,1-3H3,(H,22,23,24). The van der Waals surface area contributed by atoms with Gasteiger partial charge in [-0.15, -0.1) is 0 Å². The average Bonchev–Trinajstić information content (AvgIpc) is 2.63. The maximum atomic E-state index is 4.72. The summed E-state index contributed by atoms with van der Waals surface area (Å²) >= 11 is 0. The Morgan fingerprint density at radius 3 is 2.92 bits per heavy atom. The summed E-state index contributed by atoms with van der Waals surface area (Å²) in [5, 5.41) is 3.52. The summed E-state index contributed by atoms with van der Waals surface area (Å²) in [4.78, 5) is 16.1. The molecule has 0 amide bonds. The van der Waals surface area contributed by atoms with Gasteiger partial charge in [0.05, 0.1) is 0 Å². The summed E-state index contributed by atoms with van der Waals surface area (Å²) in [6.45, 7) is 11.1. The van der Waals surface area contributed by atoms with Crippen molar-refractivity contribution in [2.75, 3.05) is 31.5 Å². The van der Waals surface area contributed by atoms with Crippen LogP contribution in [-0.4, -0.2) is 46.0 Å². The van der Waals surface area contributed by atoms with E-state index in [0.717, 1.165) is 53.9 Å². The summed E-state index contributed by atoms with van der Waals surface area (Å²) in [6, 6.07) is 3.92. The van der Waals surface area contributed by atoms with E-state index in [9.17, 15) is 0 Å². The van der Waals surface area contributed by atoms with Crippen LogP contribution in [0.1, 0.15) is 37.4 Å². The number of aryl methyl sites for hydroxylation is 1. The lowest BCUT2D eigenvalue weighted by molar-refractivity contribution is 0.183. The zero-order chi connectivity index (χ0) is 17.6. The summed E-state index contributed by atoms with van der Waals surface area (Å²) in [7, 11) is 0. The van der Waals surface area contributed by atoms with E-state index in [-0.39, 0.29) is 0 Å². The van der Waals surface area contributed by atoms with Gasteiger partial charge < -0.3 is 10.2 Å². The van der Waals surface area contributed by atoms with Crippen LogP contribution in [0.15, 0.2) is 24.5 Å². The summed E-state index contributed by atoms with van der Waals surface area (Å²) < 4.78 is 0. The van der Waals surface area contributed by atoms with Gasteiger partial charge >= 0.3 is 0 Å². The number of pyridine rings is 1. The van der Waals surface area contributed by atoms with E-state index in [0.29, 0.717) is 0 Å². The van der Waals surface area contributed by atoms with E-state index in [1.807, 2.05) is 25.3 Å². The lowest BCUT2D eigenvalue weighted by atomic mass is 10.0. The molecule has 1 saturated heterocycles. The fourth-order valence-electron chi connectivity index (χ4n) is 3.42. The first-order valence-electron chi connectivity index (χ1n) is 9.35. The smallest absolute Gasteiger partial charge is 0.163 e. The third kappa shape index (κ3) is 4.75. The lowest BCUT2D eigenvalue weighted by Gasteiger charge is -2.30. The van der Waals surface area contributed by atoms with Gasteiger partial charge in [0.2, 0.25) is 0 Å². The highest BCUT2D eigenvalue weighted by Crippen LogP contribution is 2.21. The highest BCUT2D eigenvalue weighted by Gasteiger charge is 2.15. The van der Waals surface area contributed by atoms with Gasteiger partial charge in [-0.1, -0.05) is 6.92 Å². The van der Waals surface area contributed by atoms with Crippen LogP contribution in [0, 0.1) is 19.8 Å². The Kier molecular flexibility index (Phi) is 5.97. The Balaban J connectivity index is 1.59. The molecule has 0 bridgehead atoms. The van der Waals surface area contributed by atoms with E-state index in [1.165, 1.54) is 25.9 Å². The number of nitrogens with one attached hydrogen (secondary N) is 1. The maximum Gasteiger partial charge on any atom is 0.163 e. The quantitative estimate of drug-likeness (QED) is 0.814. The van der Waals surface area contributed by atoms with Crippen LogP contribution < -0.4 is 5.32 Å². The van der Waals surface area contributed by atoms with Crippen molar-refractivity contribution in [1.82, 2.24) is 19.9 Å². The molecule has 134 valence electrons. The predicted molar refractivity (Wildman–Crippen MR) is 103 cm³/mol. The van der Waals surface area contributed by atoms with Gasteiger partial charge in [0, 0.05) is 42.3 Å². The number of likely N-dealkylation sites (tertiary alicyclic amines) is 1. The van der Waals surface area contributed by atoms with Gasteiger partial charge in [0.15, 0.2) is 5.82 Å². The molecule has 1 atom stereocenters. The summed E-state index contributed by atoms with van der Waals surface area (Å²) in [6.07, 6.45) is 7.44. The second-order valence-corrected chi connectivity index (χ2v) is 7.18. The molecule has 0 radical (unpaired) electrons. The van der Waals surface area contributed by atoms with Crippen molar-refractivity contribution in [1.29, 1.82) is 0 Å². The molecule has 25 heavy (non-hydrogen) atoms. The Hall–Kier alpha value is -2.01. The van der Waals surface area contributed by atoms with Gasteiger partial charge in [-0.25, -0.2) is 9.97 Å². The molecule has 1 unspecified atom stereocenters. The molecule has 3 heterocycles. The molecule has 2 aromatic rings. The molecule has 0 spiro atoms. The third-order valence-corrected chi connectivity index (χ3v) is 4.99. The number of hydrogen-bond donors (Lipinski definition) is 1. The fraction of sp³-hybridized carbons (Fsp3) is 0.550. The summed E-state index contributed by atoms with van der Waals surface area (Å²) in [5.41, 5.74) is 3.09. The van der Waals surface area contributed by atoms with Crippen molar-refractivity contribution in [3.8, 4) is 11.4 Å². The second-order valence-electron chi connectivity index (χ2n) is 7.18. The van der Waals surface area contributed by atoms with Crippen LogP contribution in [0.5, 0.6) is 0 Å². The molecule has 0 aliphatic carbocycles. The van der Waals surface area contributed by atoms with Gasteiger partial charge in [-0.3, -0.25) is 4.98 Å². The first kappa shape index (κ1) is 17.8. The molecule has 1 N–H and O–H groups in total. The minimum absolute atomic E-state index is 0.739. The largest absolute Gasteiger partial charge is 0.370 e. The van der Waals surface area contributed by atoms with Crippen LogP contribution in [0.2, 0.25) is 0 Å². The zero-order valence-electron chi connectivity index (χ0n) is 15.6. The molecule has 5 nitrogen and oxygen atoms in total. The average molecular weight is 339 g/mol. The Labute approximate surface area is 150 Å². The fourth-order valence-corrected chi connectivity index (χ4v) is 3.42. The number of aromatic nitrogens is 3. The Bertz CT molecular complexity index is 686.